The number of carbonyl (C=O) groups excluding carboxylic acids is 4. The first-order valence-corrected chi connectivity index (χ1v) is 10.2. The SMILES string of the molecule is CC(C)N(C(=O)C1C(=O)N(C)C(=O)N(C)C1=O)c1ccc(Oc2nnc(C3CC3)o2)cc1. The zero-order chi connectivity index (χ0) is 23.2. The van der Waals surface area contributed by atoms with Crippen molar-refractivity contribution in [2.45, 2.75) is 38.6 Å². The van der Waals surface area contributed by atoms with Crippen LogP contribution in [0.2, 0.25) is 0 Å². The molecule has 0 spiro atoms. The van der Waals surface area contributed by atoms with Crippen LogP contribution >= 0.6 is 0 Å². The Labute approximate surface area is 183 Å². The molecule has 0 unspecified atom stereocenters. The number of urea groups is 1. The summed E-state index contributed by atoms with van der Waals surface area (Å²) in [6, 6.07) is 5.35. The van der Waals surface area contributed by atoms with E-state index in [9.17, 15) is 19.2 Å². The van der Waals surface area contributed by atoms with Gasteiger partial charge in [0.05, 0.1) is 0 Å². The predicted molar refractivity (Wildman–Crippen MR) is 110 cm³/mol. The van der Waals surface area contributed by atoms with Gasteiger partial charge in [0.15, 0.2) is 5.92 Å². The molecule has 1 saturated carbocycles. The summed E-state index contributed by atoms with van der Waals surface area (Å²) in [7, 11) is 2.48. The Balaban J connectivity index is 1.54. The van der Waals surface area contributed by atoms with Gasteiger partial charge in [-0.05, 0) is 51.0 Å². The molecule has 1 aliphatic heterocycles. The fourth-order valence-corrected chi connectivity index (χ4v) is 3.47. The molecule has 2 fully saturated rings. The molecule has 4 rings (SSSR count). The Hall–Kier alpha value is -3.76. The summed E-state index contributed by atoms with van der Waals surface area (Å²) in [5, 5.41) is 7.83. The molecule has 11 heteroatoms. The van der Waals surface area contributed by atoms with E-state index in [1.807, 2.05) is 0 Å². The largest absolute Gasteiger partial charge is 0.420 e. The number of barbiturate groups is 1. The minimum Gasteiger partial charge on any atom is -0.410 e. The van der Waals surface area contributed by atoms with Crippen molar-refractivity contribution in [2.24, 2.45) is 5.92 Å². The van der Waals surface area contributed by atoms with Crippen LogP contribution in [-0.2, 0) is 14.4 Å². The van der Waals surface area contributed by atoms with E-state index in [2.05, 4.69) is 10.2 Å². The van der Waals surface area contributed by atoms with E-state index < -0.39 is 29.7 Å². The lowest BCUT2D eigenvalue weighted by atomic mass is 10.0. The van der Waals surface area contributed by atoms with Gasteiger partial charge in [0.2, 0.25) is 11.8 Å². The highest BCUT2D eigenvalue weighted by molar-refractivity contribution is 6.28. The number of aromatic nitrogens is 2. The van der Waals surface area contributed by atoms with Crippen molar-refractivity contribution in [1.82, 2.24) is 20.0 Å². The normalized spacial score (nSPS) is 17.3. The van der Waals surface area contributed by atoms with E-state index >= 15 is 0 Å². The van der Waals surface area contributed by atoms with Gasteiger partial charge < -0.3 is 14.1 Å². The Kier molecular flexibility index (Phi) is 5.41. The molecule has 1 aromatic carbocycles. The molecule has 0 atom stereocenters. The van der Waals surface area contributed by atoms with E-state index in [0.29, 0.717) is 23.2 Å². The number of anilines is 1. The molecule has 2 aliphatic rings. The zero-order valence-corrected chi connectivity index (χ0v) is 18.1. The maximum atomic E-state index is 13.3. The quantitative estimate of drug-likeness (QED) is 0.624. The summed E-state index contributed by atoms with van der Waals surface area (Å²) in [6.07, 6.45) is 2.09. The lowest BCUT2D eigenvalue weighted by Crippen LogP contribution is -2.61. The van der Waals surface area contributed by atoms with E-state index in [-0.39, 0.29) is 12.1 Å². The molecule has 2 heterocycles. The maximum absolute atomic E-state index is 13.3. The second-order valence-corrected chi connectivity index (χ2v) is 8.09. The number of rotatable bonds is 6. The van der Waals surface area contributed by atoms with Crippen molar-refractivity contribution in [3.8, 4) is 11.8 Å². The van der Waals surface area contributed by atoms with Crippen molar-refractivity contribution >= 4 is 29.4 Å². The molecule has 0 radical (unpaired) electrons. The fourth-order valence-electron chi connectivity index (χ4n) is 3.47. The minimum atomic E-state index is -1.62. The summed E-state index contributed by atoms with van der Waals surface area (Å²) in [5.41, 5.74) is 0.462. The predicted octanol–water partition coefficient (Wildman–Crippen LogP) is 2.15. The molecular formula is C21H23N5O6. The van der Waals surface area contributed by atoms with Crippen LogP contribution in [0.25, 0.3) is 0 Å². The molecule has 0 bridgehead atoms. The van der Waals surface area contributed by atoms with Crippen molar-refractivity contribution in [3.63, 3.8) is 0 Å². The Morgan fingerprint density at radius 2 is 1.66 bits per heavy atom. The third kappa shape index (κ3) is 3.81. The average molecular weight is 441 g/mol. The van der Waals surface area contributed by atoms with Crippen LogP contribution in [0.1, 0.15) is 38.5 Å². The number of amides is 5. The van der Waals surface area contributed by atoms with Gasteiger partial charge in [0.1, 0.15) is 5.75 Å². The average Bonchev–Trinajstić information content (AvgIpc) is 3.51. The number of ether oxygens (including phenoxy) is 1. The van der Waals surface area contributed by atoms with E-state index in [1.54, 1.807) is 38.1 Å². The second-order valence-electron chi connectivity index (χ2n) is 8.09. The van der Waals surface area contributed by atoms with E-state index in [1.165, 1.54) is 19.0 Å². The Morgan fingerprint density at radius 3 is 2.19 bits per heavy atom. The van der Waals surface area contributed by atoms with E-state index in [0.717, 1.165) is 22.6 Å². The highest BCUT2D eigenvalue weighted by Gasteiger charge is 2.48. The van der Waals surface area contributed by atoms with Gasteiger partial charge >= 0.3 is 12.1 Å². The molecule has 1 aliphatic carbocycles. The summed E-state index contributed by atoms with van der Waals surface area (Å²) < 4.78 is 11.1. The summed E-state index contributed by atoms with van der Waals surface area (Å²) in [5.74, 6) is -2.74. The lowest BCUT2D eigenvalue weighted by Gasteiger charge is -2.36. The minimum absolute atomic E-state index is 0.0329. The van der Waals surface area contributed by atoms with Gasteiger partial charge in [-0.1, -0.05) is 5.10 Å². The van der Waals surface area contributed by atoms with Gasteiger partial charge in [-0.2, -0.15) is 0 Å². The smallest absolute Gasteiger partial charge is 0.410 e. The maximum Gasteiger partial charge on any atom is 0.420 e. The lowest BCUT2D eigenvalue weighted by molar-refractivity contribution is -0.151. The number of carbonyl (C=O) groups is 4. The van der Waals surface area contributed by atoms with Crippen molar-refractivity contribution in [2.75, 3.05) is 19.0 Å². The van der Waals surface area contributed by atoms with Crippen LogP contribution in [0.4, 0.5) is 10.5 Å². The summed E-state index contributed by atoms with van der Waals surface area (Å²) >= 11 is 0. The topological polar surface area (TPSA) is 126 Å². The van der Waals surface area contributed by atoms with Gasteiger partial charge in [-0.3, -0.25) is 24.2 Å². The van der Waals surface area contributed by atoms with Crippen LogP contribution in [-0.4, -0.2) is 63.9 Å². The van der Waals surface area contributed by atoms with Crippen molar-refractivity contribution < 1.29 is 28.3 Å². The van der Waals surface area contributed by atoms with Gasteiger partial charge in [-0.25, -0.2) is 4.79 Å². The standard InChI is InChI=1S/C21H23N5O6/c1-11(2)26(19(29)15-17(27)24(3)21(30)25(4)18(15)28)13-7-9-14(10-8-13)31-20-23-22-16(32-20)12-5-6-12/h7-12,15H,5-6H2,1-4H3. The van der Waals surface area contributed by atoms with E-state index in [4.69, 9.17) is 9.15 Å². The molecule has 0 N–H and O–H groups in total. The monoisotopic (exact) mass is 441 g/mol. The molecule has 1 aromatic heterocycles. The molecule has 168 valence electrons. The van der Waals surface area contributed by atoms with Crippen LogP contribution in [0.5, 0.6) is 11.8 Å². The van der Waals surface area contributed by atoms with Crippen molar-refractivity contribution in [3.05, 3.63) is 30.2 Å². The number of benzene rings is 1. The third-order valence-electron chi connectivity index (χ3n) is 5.40. The molecule has 1 saturated heterocycles. The van der Waals surface area contributed by atoms with Gasteiger partial charge in [0.25, 0.3) is 11.8 Å². The van der Waals surface area contributed by atoms with Crippen LogP contribution in [0.3, 0.4) is 0 Å². The Bertz CT molecular complexity index is 1050. The molecule has 5 amide bonds. The Morgan fingerprint density at radius 1 is 1.06 bits per heavy atom. The number of nitrogens with zero attached hydrogens (tertiary/aromatic N) is 5. The highest BCUT2D eigenvalue weighted by Crippen LogP contribution is 2.40. The second kappa shape index (κ2) is 8.06. The van der Waals surface area contributed by atoms with Crippen LogP contribution < -0.4 is 9.64 Å². The van der Waals surface area contributed by atoms with Gasteiger partial charge in [0, 0.05) is 31.7 Å². The first kappa shape index (κ1) is 21.5. The van der Waals surface area contributed by atoms with Gasteiger partial charge in [-0.15, -0.1) is 5.10 Å². The highest BCUT2D eigenvalue weighted by atomic mass is 16.6. The first-order chi connectivity index (χ1) is 15.2. The van der Waals surface area contributed by atoms with Crippen LogP contribution in [0.15, 0.2) is 28.7 Å². The zero-order valence-electron chi connectivity index (χ0n) is 18.1. The molecule has 11 nitrogen and oxygen atoms in total. The number of hydrogen-bond acceptors (Lipinski definition) is 8. The molecule has 2 aromatic rings. The fraction of sp³-hybridized carbons (Fsp3) is 0.429. The first-order valence-electron chi connectivity index (χ1n) is 10.2. The van der Waals surface area contributed by atoms with Crippen LogP contribution in [0, 0.1) is 5.92 Å². The molecule has 32 heavy (non-hydrogen) atoms. The third-order valence-corrected chi connectivity index (χ3v) is 5.40. The van der Waals surface area contributed by atoms with Crippen molar-refractivity contribution in [1.29, 1.82) is 0 Å². The number of hydrogen-bond donors (Lipinski definition) is 0. The molecular weight excluding hydrogens is 418 g/mol. The number of imide groups is 2. The summed E-state index contributed by atoms with van der Waals surface area (Å²) in [6.45, 7) is 3.52. The summed E-state index contributed by atoms with van der Waals surface area (Å²) in [4.78, 5) is 53.3.